The summed E-state index contributed by atoms with van der Waals surface area (Å²) in [5, 5.41) is 23.3. The van der Waals surface area contributed by atoms with Crippen molar-refractivity contribution >= 4 is 29.2 Å². The van der Waals surface area contributed by atoms with Gasteiger partial charge >= 0.3 is 5.97 Å². The van der Waals surface area contributed by atoms with Crippen LogP contribution in [0.1, 0.15) is 90.3 Å². The second kappa shape index (κ2) is 13.5. The predicted octanol–water partition coefficient (Wildman–Crippen LogP) is 5.66. The van der Waals surface area contributed by atoms with Gasteiger partial charge in [0.15, 0.2) is 0 Å². The van der Waals surface area contributed by atoms with Crippen molar-refractivity contribution in [1.82, 2.24) is 4.98 Å². The van der Waals surface area contributed by atoms with E-state index in [0.717, 1.165) is 41.1 Å². The first-order chi connectivity index (χ1) is 16.4. The van der Waals surface area contributed by atoms with Gasteiger partial charge in [-0.05, 0) is 63.5 Å². The Morgan fingerprint density at radius 2 is 2.00 bits per heavy atom. The quantitative estimate of drug-likeness (QED) is 0.405. The zero-order chi connectivity index (χ0) is 26.2. The molecule has 2 rings (SSSR count). The van der Waals surface area contributed by atoms with Gasteiger partial charge in [0.1, 0.15) is 11.9 Å². The lowest BCUT2D eigenvalue weighted by Gasteiger charge is -2.31. The van der Waals surface area contributed by atoms with Gasteiger partial charge in [-0.1, -0.05) is 39.3 Å². The lowest BCUT2D eigenvalue weighted by Crippen LogP contribution is -2.39. The molecule has 0 amide bonds. The van der Waals surface area contributed by atoms with E-state index in [1.54, 1.807) is 18.3 Å². The monoisotopic (exact) mass is 505 g/mol. The molecule has 1 unspecified atom stereocenters. The van der Waals surface area contributed by atoms with Crippen LogP contribution in [0.3, 0.4) is 0 Å². The maximum absolute atomic E-state index is 13.2. The number of cyclic esters (lactones) is 1. The number of hydrogen-bond acceptors (Lipinski definition) is 7. The van der Waals surface area contributed by atoms with Crippen LogP contribution in [-0.4, -0.2) is 45.8 Å². The summed E-state index contributed by atoms with van der Waals surface area (Å²) in [6.07, 6.45) is 6.89. The maximum atomic E-state index is 13.2. The second-order valence-corrected chi connectivity index (χ2v) is 11.7. The van der Waals surface area contributed by atoms with E-state index in [1.807, 2.05) is 46.1 Å². The van der Waals surface area contributed by atoms with Gasteiger partial charge in [-0.2, -0.15) is 0 Å². The number of Topliss-reactive ketones (excluding diaryl/α,β-unsaturated/α-hetero) is 1. The number of carbonyl (C=O) groups excluding carboxylic acids is 2. The first-order valence-corrected chi connectivity index (χ1v) is 13.6. The number of aliphatic hydroxyl groups excluding tert-OH is 2. The summed E-state index contributed by atoms with van der Waals surface area (Å²) >= 11 is 1.57. The topological polar surface area (TPSA) is 96.7 Å². The van der Waals surface area contributed by atoms with Crippen molar-refractivity contribution in [2.45, 2.75) is 98.7 Å². The van der Waals surface area contributed by atoms with E-state index in [2.05, 4.69) is 11.1 Å². The summed E-state index contributed by atoms with van der Waals surface area (Å²) < 4.78 is 5.91. The van der Waals surface area contributed by atoms with Crippen LogP contribution in [0, 0.1) is 24.2 Å². The van der Waals surface area contributed by atoms with Gasteiger partial charge in [0.25, 0.3) is 0 Å². The van der Waals surface area contributed by atoms with Crippen LogP contribution < -0.4 is 0 Å². The van der Waals surface area contributed by atoms with Gasteiger partial charge in [0.05, 0.1) is 16.8 Å². The Kier molecular flexibility index (Phi) is 11.3. The van der Waals surface area contributed by atoms with E-state index in [4.69, 9.17) is 4.74 Å². The Hall–Kier alpha value is -1.83. The molecule has 0 aliphatic carbocycles. The molecule has 0 bridgehead atoms. The van der Waals surface area contributed by atoms with E-state index in [-0.39, 0.29) is 30.7 Å². The number of aromatic nitrogens is 1. The molecule has 196 valence electrons. The molecular weight excluding hydrogens is 462 g/mol. The fourth-order valence-electron chi connectivity index (χ4n) is 4.69. The van der Waals surface area contributed by atoms with Crippen molar-refractivity contribution in [2.24, 2.45) is 17.3 Å². The fourth-order valence-corrected chi connectivity index (χ4v) is 5.26. The standard InChI is InChI=1S/C28H43NO5S/c1-18-8-7-9-22(13-15-30)10-11-24(19(2)16-23-17-35-21(4)29-23)34-25(31)12-14-28(5,6)27(33)20(3)26(18)32/h10,16-18,20,24,26,30,32H,7-9,11-15H2,1-6H3/b19-16+,22-10+/t18-,20+,24?,26-/m0/s1. The molecule has 1 aliphatic heterocycles. The van der Waals surface area contributed by atoms with Crippen LogP contribution >= 0.6 is 11.3 Å². The fraction of sp³-hybridized carbons (Fsp3) is 0.679. The minimum Gasteiger partial charge on any atom is -0.457 e. The molecule has 0 saturated heterocycles. The molecule has 2 N–H and O–H groups in total. The Balaban J connectivity index is 2.33. The van der Waals surface area contributed by atoms with Crippen LogP contribution in [0.4, 0.5) is 0 Å². The van der Waals surface area contributed by atoms with Gasteiger partial charge < -0.3 is 14.9 Å². The number of ketones is 1. The summed E-state index contributed by atoms with van der Waals surface area (Å²) in [7, 11) is 0. The largest absolute Gasteiger partial charge is 0.457 e. The minimum atomic E-state index is -0.733. The SMILES string of the molecule is C/C(=C\c1csc(C)n1)C1C/C=C(/CCO)CCC[C@H](C)[C@H](O)[C@@H](C)C(=O)C(C)(C)CCC(=O)O1. The van der Waals surface area contributed by atoms with E-state index >= 15 is 0 Å². The highest BCUT2D eigenvalue weighted by Crippen LogP contribution is 2.32. The van der Waals surface area contributed by atoms with Crippen molar-refractivity contribution in [3.05, 3.63) is 33.3 Å². The number of esters is 1. The Morgan fingerprint density at radius 1 is 1.29 bits per heavy atom. The number of nitrogens with zero attached hydrogens (tertiary/aromatic N) is 1. The van der Waals surface area contributed by atoms with E-state index < -0.39 is 23.5 Å². The number of aryl methyl sites for hydroxylation is 1. The summed E-state index contributed by atoms with van der Waals surface area (Å²) in [5.41, 5.74) is 2.14. The van der Waals surface area contributed by atoms with Gasteiger partial charge in [0, 0.05) is 36.2 Å². The molecular formula is C28H43NO5S. The zero-order valence-electron chi connectivity index (χ0n) is 22.2. The van der Waals surface area contributed by atoms with Gasteiger partial charge in [0.2, 0.25) is 0 Å². The molecule has 1 aromatic rings. The lowest BCUT2D eigenvalue weighted by atomic mass is 9.74. The molecule has 2 heterocycles. The summed E-state index contributed by atoms with van der Waals surface area (Å²) in [6, 6.07) is 0. The Morgan fingerprint density at radius 3 is 2.63 bits per heavy atom. The van der Waals surface area contributed by atoms with Crippen molar-refractivity contribution in [1.29, 1.82) is 0 Å². The summed E-state index contributed by atoms with van der Waals surface area (Å²) in [5.74, 6) is -0.888. The molecule has 4 atom stereocenters. The van der Waals surface area contributed by atoms with Crippen LogP contribution in [0.25, 0.3) is 6.08 Å². The predicted molar refractivity (Wildman–Crippen MR) is 141 cm³/mol. The van der Waals surface area contributed by atoms with Crippen molar-refractivity contribution in [2.75, 3.05) is 6.61 Å². The maximum Gasteiger partial charge on any atom is 0.306 e. The Labute approximate surface area is 214 Å². The summed E-state index contributed by atoms with van der Waals surface area (Å²) in [4.78, 5) is 30.5. The molecule has 0 aromatic carbocycles. The number of ether oxygens (including phenoxy) is 1. The highest BCUT2D eigenvalue weighted by atomic mass is 32.1. The lowest BCUT2D eigenvalue weighted by molar-refractivity contribution is -0.148. The number of rotatable bonds is 4. The average molecular weight is 506 g/mol. The number of thiazole rings is 1. The molecule has 0 radical (unpaired) electrons. The minimum absolute atomic E-state index is 0.0162. The van der Waals surface area contributed by atoms with Gasteiger partial charge in [-0.25, -0.2) is 4.98 Å². The molecule has 6 nitrogen and oxygen atoms in total. The van der Waals surface area contributed by atoms with Crippen LogP contribution in [-0.2, 0) is 14.3 Å². The molecule has 0 saturated carbocycles. The normalized spacial score (nSPS) is 29.4. The molecule has 0 fully saturated rings. The van der Waals surface area contributed by atoms with Crippen LogP contribution in [0.15, 0.2) is 22.6 Å². The highest BCUT2D eigenvalue weighted by Gasteiger charge is 2.37. The third-order valence-electron chi connectivity index (χ3n) is 7.13. The Bertz CT molecular complexity index is 916. The molecule has 7 heteroatoms. The van der Waals surface area contributed by atoms with Crippen LogP contribution in [0.2, 0.25) is 0 Å². The zero-order valence-corrected chi connectivity index (χ0v) is 23.0. The number of aliphatic hydroxyl groups is 2. The van der Waals surface area contributed by atoms with Gasteiger partial charge in [-0.15, -0.1) is 11.3 Å². The molecule has 0 spiro atoms. The molecule has 1 aromatic heterocycles. The van der Waals surface area contributed by atoms with Gasteiger partial charge in [-0.3, -0.25) is 9.59 Å². The molecule has 1 aliphatic rings. The van der Waals surface area contributed by atoms with Crippen molar-refractivity contribution in [3.8, 4) is 0 Å². The third kappa shape index (κ3) is 8.96. The van der Waals surface area contributed by atoms with E-state index in [0.29, 0.717) is 19.3 Å². The first kappa shape index (κ1) is 29.4. The number of hydrogen-bond donors (Lipinski definition) is 2. The van der Waals surface area contributed by atoms with E-state index in [9.17, 15) is 19.8 Å². The highest BCUT2D eigenvalue weighted by molar-refractivity contribution is 7.09. The molecule has 35 heavy (non-hydrogen) atoms. The average Bonchev–Trinajstić information content (AvgIpc) is 3.22. The summed E-state index contributed by atoms with van der Waals surface area (Å²) in [6.45, 7) is 11.4. The first-order valence-electron chi connectivity index (χ1n) is 12.8. The smallest absolute Gasteiger partial charge is 0.306 e. The van der Waals surface area contributed by atoms with E-state index in [1.165, 1.54) is 0 Å². The van der Waals surface area contributed by atoms with Crippen LogP contribution in [0.5, 0.6) is 0 Å². The van der Waals surface area contributed by atoms with Crippen molar-refractivity contribution in [3.63, 3.8) is 0 Å². The van der Waals surface area contributed by atoms with Crippen molar-refractivity contribution < 1.29 is 24.5 Å². The number of carbonyl (C=O) groups is 2. The second-order valence-electron chi connectivity index (χ2n) is 10.6. The third-order valence-corrected chi connectivity index (χ3v) is 7.93.